The highest BCUT2D eigenvalue weighted by molar-refractivity contribution is 9.10. The molecule has 1 aromatic carbocycles. The molecular weight excluding hydrogens is 323 g/mol. The van der Waals surface area contributed by atoms with E-state index in [1.165, 1.54) is 6.07 Å². The molecule has 3 aromatic rings. The Labute approximate surface area is 123 Å². The summed E-state index contributed by atoms with van der Waals surface area (Å²) in [5.74, 6) is 0.500. The van der Waals surface area contributed by atoms with Gasteiger partial charge in [0.15, 0.2) is 11.5 Å². The molecule has 0 fully saturated rings. The van der Waals surface area contributed by atoms with Gasteiger partial charge in [0.05, 0.1) is 0 Å². The summed E-state index contributed by atoms with van der Waals surface area (Å²) in [4.78, 5) is 8.63. The van der Waals surface area contributed by atoms with Crippen LogP contribution in [0.1, 0.15) is 5.56 Å². The van der Waals surface area contributed by atoms with Crippen molar-refractivity contribution in [1.29, 1.82) is 0 Å². The molecule has 0 amide bonds. The summed E-state index contributed by atoms with van der Waals surface area (Å²) in [6, 6.07) is 6.61. The van der Waals surface area contributed by atoms with Crippen molar-refractivity contribution in [3.8, 4) is 0 Å². The average Bonchev–Trinajstić information content (AvgIpc) is 2.87. The molecule has 4 nitrogen and oxygen atoms in total. The number of hydrogen-bond acceptors (Lipinski definition) is 3. The molecule has 1 N–H and O–H groups in total. The number of nitrogens with zero attached hydrogens (tertiary/aromatic N) is 3. The number of hydrogen-bond donors (Lipinski definition) is 1. The second kappa shape index (κ2) is 5.58. The van der Waals surface area contributed by atoms with Crippen LogP contribution in [0.15, 0.2) is 47.5 Å². The Morgan fingerprint density at radius 2 is 2.25 bits per heavy atom. The zero-order valence-corrected chi connectivity index (χ0v) is 12.1. The maximum absolute atomic E-state index is 13.1. The van der Waals surface area contributed by atoms with Crippen molar-refractivity contribution in [3.63, 3.8) is 0 Å². The topological polar surface area (TPSA) is 42.2 Å². The molecule has 0 radical (unpaired) electrons. The van der Waals surface area contributed by atoms with Crippen LogP contribution in [0.2, 0.25) is 0 Å². The van der Waals surface area contributed by atoms with Crippen molar-refractivity contribution < 1.29 is 4.39 Å². The van der Waals surface area contributed by atoms with Crippen molar-refractivity contribution in [2.75, 3.05) is 11.9 Å². The van der Waals surface area contributed by atoms with Crippen molar-refractivity contribution in [1.82, 2.24) is 14.4 Å². The first kappa shape index (κ1) is 13.1. The molecule has 0 bridgehead atoms. The molecule has 3 rings (SSSR count). The van der Waals surface area contributed by atoms with Gasteiger partial charge in [-0.1, -0.05) is 12.1 Å². The summed E-state index contributed by atoms with van der Waals surface area (Å²) in [5.41, 5.74) is 1.72. The number of aromatic nitrogens is 3. The summed E-state index contributed by atoms with van der Waals surface area (Å²) in [6.45, 7) is 0.662. The molecule has 0 aliphatic carbocycles. The molecule has 0 saturated heterocycles. The molecule has 0 aliphatic heterocycles. The van der Waals surface area contributed by atoms with Gasteiger partial charge in [-0.25, -0.2) is 14.4 Å². The summed E-state index contributed by atoms with van der Waals surface area (Å²) in [6.07, 6.45) is 6.15. The number of nitrogens with one attached hydrogen (secondary N) is 1. The minimum atomic E-state index is -0.210. The second-order valence-electron chi connectivity index (χ2n) is 4.38. The SMILES string of the molecule is Fc1cccc(CCNc2nc(Br)cn3ccnc23)c1. The maximum Gasteiger partial charge on any atom is 0.180 e. The Balaban J connectivity index is 1.72. The normalized spacial score (nSPS) is 10.9. The molecule has 0 saturated carbocycles. The van der Waals surface area contributed by atoms with E-state index < -0.39 is 0 Å². The van der Waals surface area contributed by atoms with Crippen LogP contribution in [0.4, 0.5) is 10.2 Å². The molecule has 0 spiro atoms. The van der Waals surface area contributed by atoms with E-state index in [9.17, 15) is 4.39 Å². The van der Waals surface area contributed by atoms with Crippen LogP contribution in [0, 0.1) is 5.82 Å². The van der Waals surface area contributed by atoms with Crippen molar-refractivity contribution >= 4 is 27.4 Å². The zero-order chi connectivity index (χ0) is 13.9. The van der Waals surface area contributed by atoms with E-state index in [0.717, 1.165) is 22.2 Å². The van der Waals surface area contributed by atoms with Gasteiger partial charge in [0, 0.05) is 25.1 Å². The molecule has 0 unspecified atom stereocenters. The molecule has 0 aliphatic rings. The van der Waals surface area contributed by atoms with Crippen molar-refractivity contribution in [2.45, 2.75) is 6.42 Å². The highest BCUT2D eigenvalue weighted by atomic mass is 79.9. The van der Waals surface area contributed by atoms with E-state index >= 15 is 0 Å². The Morgan fingerprint density at radius 1 is 1.35 bits per heavy atom. The Hall–Kier alpha value is -1.95. The molecule has 2 aromatic heterocycles. The third kappa shape index (κ3) is 2.80. The first-order valence-corrected chi connectivity index (χ1v) is 6.99. The molecular formula is C14H12BrFN4. The lowest BCUT2D eigenvalue weighted by Gasteiger charge is -2.07. The van der Waals surface area contributed by atoms with Gasteiger partial charge >= 0.3 is 0 Å². The molecule has 20 heavy (non-hydrogen) atoms. The van der Waals surface area contributed by atoms with Crippen LogP contribution in [0.3, 0.4) is 0 Å². The van der Waals surface area contributed by atoms with Crippen LogP contribution in [0.5, 0.6) is 0 Å². The van der Waals surface area contributed by atoms with E-state index in [1.54, 1.807) is 18.3 Å². The van der Waals surface area contributed by atoms with Gasteiger partial charge in [0.1, 0.15) is 10.4 Å². The van der Waals surface area contributed by atoms with Crippen LogP contribution in [-0.2, 0) is 6.42 Å². The Bertz CT molecular complexity index is 741. The molecule has 0 atom stereocenters. The standard InChI is InChI=1S/C14H12BrFN4/c15-12-9-20-7-6-18-14(20)13(19-12)17-5-4-10-2-1-3-11(16)8-10/h1-3,6-9H,4-5H2,(H,17,19). The zero-order valence-electron chi connectivity index (χ0n) is 10.6. The molecule has 6 heteroatoms. The fourth-order valence-electron chi connectivity index (χ4n) is 2.04. The highest BCUT2D eigenvalue weighted by Gasteiger charge is 2.05. The van der Waals surface area contributed by atoms with Gasteiger partial charge in [0.25, 0.3) is 0 Å². The first-order valence-electron chi connectivity index (χ1n) is 6.20. The van der Waals surface area contributed by atoms with E-state index in [-0.39, 0.29) is 5.82 Å². The van der Waals surface area contributed by atoms with E-state index in [1.807, 2.05) is 22.9 Å². The lowest BCUT2D eigenvalue weighted by atomic mass is 10.1. The van der Waals surface area contributed by atoms with Gasteiger partial charge < -0.3 is 9.72 Å². The third-order valence-corrected chi connectivity index (χ3v) is 3.32. The third-order valence-electron chi connectivity index (χ3n) is 2.94. The monoisotopic (exact) mass is 334 g/mol. The lowest BCUT2D eigenvalue weighted by Crippen LogP contribution is -2.08. The summed E-state index contributed by atoms with van der Waals surface area (Å²) in [7, 11) is 0. The fourth-order valence-corrected chi connectivity index (χ4v) is 2.44. The lowest BCUT2D eigenvalue weighted by molar-refractivity contribution is 0.625. The predicted octanol–water partition coefficient (Wildman–Crippen LogP) is 3.29. The number of anilines is 1. The molecule has 102 valence electrons. The number of halogens is 2. The minimum absolute atomic E-state index is 0.210. The number of benzene rings is 1. The van der Waals surface area contributed by atoms with Gasteiger partial charge in [-0.3, -0.25) is 0 Å². The van der Waals surface area contributed by atoms with Crippen LogP contribution in [-0.4, -0.2) is 20.9 Å². The van der Waals surface area contributed by atoms with Gasteiger partial charge in [0.2, 0.25) is 0 Å². The van der Waals surface area contributed by atoms with Gasteiger partial charge in [-0.2, -0.15) is 0 Å². The number of fused-ring (bicyclic) bond motifs is 1. The van der Waals surface area contributed by atoms with Gasteiger partial charge in [-0.05, 0) is 40.0 Å². The van der Waals surface area contributed by atoms with E-state index in [0.29, 0.717) is 12.4 Å². The smallest absolute Gasteiger partial charge is 0.180 e. The van der Waals surface area contributed by atoms with E-state index in [2.05, 4.69) is 31.2 Å². The minimum Gasteiger partial charge on any atom is -0.367 e. The molecule has 2 heterocycles. The highest BCUT2D eigenvalue weighted by Crippen LogP contribution is 2.16. The number of imidazole rings is 1. The van der Waals surface area contributed by atoms with Crippen molar-refractivity contribution in [2.24, 2.45) is 0 Å². The Kier molecular flexibility index (Phi) is 3.64. The maximum atomic E-state index is 13.1. The Morgan fingerprint density at radius 3 is 3.10 bits per heavy atom. The average molecular weight is 335 g/mol. The summed E-state index contributed by atoms with van der Waals surface area (Å²) < 4.78 is 15.7. The predicted molar refractivity (Wildman–Crippen MR) is 79.3 cm³/mol. The van der Waals surface area contributed by atoms with E-state index in [4.69, 9.17) is 0 Å². The largest absolute Gasteiger partial charge is 0.367 e. The van der Waals surface area contributed by atoms with Gasteiger partial charge in [-0.15, -0.1) is 0 Å². The summed E-state index contributed by atoms with van der Waals surface area (Å²) >= 11 is 3.37. The first-order chi connectivity index (χ1) is 9.72. The summed E-state index contributed by atoms with van der Waals surface area (Å²) in [5, 5.41) is 3.24. The fraction of sp³-hybridized carbons (Fsp3) is 0.143. The van der Waals surface area contributed by atoms with Crippen molar-refractivity contribution in [3.05, 3.63) is 58.8 Å². The van der Waals surface area contributed by atoms with Crippen LogP contribution < -0.4 is 5.32 Å². The van der Waals surface area contributed by atoms with Crippen LogP contribution in [0.25, 0.3) is 5.65 Å². The van der Waals surface area contributed by atoms with Crippen LogP contribution >= 0.6 is 15.9 Å². The number of rotatable bonds is 4. The quantitative estimate of drug-likeness (QED) is 0.796. The second-order valence-corrected chi connectivity index (χ2v) is 5.19.